The second-order valence-electron chi connectivity index (χ2n) is 19.2. The molecule has 5 aliphatic carbocycles. The molecule has 0 atom stereocenters. The van der Waals surface area contributed by atoms with Crippen molar-refractivity contribution in [3.05, 3.63) is 162 Å². The van der Waals surface area contributed by atoms with Crippen LogP contribution in [-0.2, 0) is 16.2 Å². The smallest absolute Gasteiger partial charge is 0.0465 e. The molecule has 1 spiro atoms. The zero-order valence-electron chi connectivity index (χ0n) is 33.4. The number of rotatable bonds is 5. The number of fused-ring (bicyclic) bond motifs is 3. The van der Waals surface area contributed by atoms with Gasteiger partial charge in [0.1, 0.15) is 0 Å². The number of nitrogens with zero attached hydrogens (tertiary/aromatic N) is 1. The standard InChI is InChI=1S/C54H53NS/c1-52(2)26-27-53(3,4)48-33-42(22-24-46(48)52)55(41-20-18-38(19-21-41)45-15-9-8-14-44(45)37-12-6-5-7-13-37)43-23-25-51-49(34-43)54(47-16-10-11-17-50(47)56-51)39-29-35-28-36(31-39)32-40(54)30-35/h5-25,33-36,39-40H,26-32H2,1-4H3. The van der Waals surface area contributed by atoms with Gasteiger partial charge in [0.05, 0.1) is 0 Å². The summed E-state index contributed by atoms with van der Waals surface area (Å²) in [5.74, 6) is 3.28. The van der Waals surface area contributed by atoms with Crippen LogP contribution < -0.4 is 4.90 Å². The van der Waals surface area contributed by atoms with Crippen LogP contribution in [0.1, 0.15) is 94.9 Å². The maximum absolute atomic E-state index is 2.66. The third-order valence-electron chi connectivity index (χ3n) is 15.2. The summed E-state index contributed by atoms with van der Waals surface area (Å²) in [7, 11) is 0. The zero-order chi connectivity index (χ0) is 37.8. The Hall–Kier alpha value is -4.53. The Morgan fingerprint density at radius 1 is 0.446 bits per heavy atom. The van der Waals surface area contributed by atoms with Crippen molar-refractivity contribution in [2.45, 2.75) is 98.7 Å². The first-order chi connectivity index (χ1) is 27.2. The monoisotopic (exact) mass is 747 g/mol. The number of benzene rings is 6. The van der Waals surface area contributed by atoms with Crippen molar-refractivity contribution in [3.63, 3.8) is 0 Å². The highest BCUT2D eigenvalue weighted by atomic mass is 32.2. The van der Waals surface area contributed by atoms with Gasteiger partial charge in [-0.1, -0.05) is 130 Å². The second kappa shape index (κ2) is 12.7. The van der Waals surface area contributed by atoms with E-state index in [-0.39, 0.29) is 16.2 Å². The molecule has 1 nitrogen and oxygen atoms in total. The highest BCUT2D eigenvalue weighted by Gasteiger charge is 2.60. The van der Waals surface area contributed by atoms with Crippen molar-refractivity contribution in [2.24, 2.45) is 23.7 Å². The minimum Gasteiger partial charge on any atom is -0.310 e. The van der Waals surface area contributed by atoms with E-state index >= 15 is 0 Å². The van der Waals surface area contributed by atoms with E-state index in [0.717, 1.165) is 23.7 Å². The van der Waals surface area contributed by atoms with Crippen LogP contribution in [0.25, 0.3) is 22.3 Å². The summed E-state index contributed by atoms with van der Waals surface area (Å²) >= 11 is 2.01. The van der Waals surface area contributed by atoms with Crippen molar-refractivity contribution >= 4 is 28.8 Å². The van der Waals surface area contributed by atoms with E-state index in [0.29, 0.717) is 0 Å². The van der Waals surface area contributed by atoms with Crippen LogP contribution in [0, 0.1) is 23.7 Å². The number of hydrogen-bond donors (Lipinski definition) is 0. The van der Waals surface area contributed by atoms with Crippen LogP contribution in [0.4, 0.5) is 17.1 Å². The van der Waals surface area contributed by atoms with Gasteiger partial charge in [0.2, 0.25) is 0 Å². The molecule has 1 heterocycles. The van der Waals surface area contributed by atoms with E-state index in [1.54, 1.807) is 11.1 Å². The summed E-state index contributed by atoms with van der Waals surface area (Å²) in [6.07, 6.45) is 9.45. The van der Waals surface area contributed by atoms with Gasteiger partial charge in [0, 0.05) is 32.3 Å². The minimum absolute atomic E-state index is 0.0964. The Labute approximate surface area is 338 Å². The molecule has 4 bridgehead atoms. The van der Waals surface area contributed by atoms with Gasteiger partial charge >= 0.3 is 0 Å². The summed E-state index contributed by atoms with van der Waals surface area (Å²) < 4.78 is 0. The molecule has 0 amide bonds. The van der Waals surface area contributed by atoms with Gasteiger partial charge in [-0.2, -0.15) is 0 Å². The predicted molar refractivity (Wildman–Crippen MR) is 236 cm³/mol. The number of hydrogen-bond acceptors (Lipinski definition) is 2. The molecular weight excluding hydrogens is 695 g/mol. The molecule has 2 heteroatoms. The van der Waals surface area contributed by atoms with Crippen LogP contribution in [0.15, 0.2) is 149 Å². The van der Waals surface area contributed by atoms with Gasteiger partial charge in [-0.05, 0) is 172 Å². The Morgan fingerprint density at radius 2 is 0.964 bits per heavy atom. The molecule has 6 aromatic rings. The first kappa shape index (κ1) is 34.7. The summed E-state index contributed by atoms with van der Waals surface area (Å²) in [4.78, 5) is 5.55. The Morgan fingerprint density at radius 3 is 1.64 bits per heavy atom. The van der Waals surface area contributed by atoms with Gasteiger partial charge < -0.3 is 4.90 Å². The van der Waals surface area contributed by atoms with Crippen molar-refractivity contribution in [3.8, 4) is 22.3 Å². The second-order valence-corrected chi connectivity index (χ2v) is 20.3. The molecule has 4 saturated carbocycles. The van der Waals surface area contributed by atoms with Crippen molar-refractivity contribution in [1.82, 2.24) is 0 Å². The van der Waals surface area contributed by atoms with E-state index < -0.39 is 0 Å². The lowest BCUT2D eigenvalue weighted by Crippen LogP contribution is -2.57. The highest BCUT2D eigenvalue weighted by Crippen LogP contribution is 2.69. The van der Waals surface area contributed by atoms with Crippen molar-refractivity contribution in [1.29, 1.82) is 0 Å². The fraction of sp³-hybridized carbons (Fsp3) is 0.333. The van der Waals surface area contributed by atoms with E-state index in [2.05, 4.69) is 172 Å². The van der Waals surface area contributed by atoms with E-state index in [1.807, 2.05) is 11.8 Å². The molecule has 0 saturated heterocycles. The fourth-order valence-corrected chi connectivity index (χ4v) is 13.8. The van der Waals surface area contributed by atoms with Gasteiger partial charge in [0.25, 0.3) is 0 Å². The molecule has 0 radical (unpaired) electrons. The van der Waals surface area contributed by atoms with Gasteiger partial charge in [-0.25, -0.2) is 0 Å². The molecule has 6 aliphatic rings. The summed E-state index contributed by atoms with van der Waals surface area (Å²) in [5, 5.41) is 0. The highest BCUT2D eigenvalue weighted by molar-refractivity contribution is 7.99. The van der Waals surface area contributed by atoms with E-state index in [9.17, 15) is 0 Å². The average molecular weight is 748 g/mol. The van der Waals surface area contributed by atoms with Gasteiger partial charge in [-0.15, -0.1) is 0 Å². The topological polar surface area (TPSA) is 3.24 Å². The molecule has 12 rings (SSSR count). The van der Waals surface area contributed by atoms with Crippen LogP contribution in [-0.4, -0.2) is 0 Å². The fourth-order valence-electron chi connectivity index (χ4n) is 12.6. The summed E-state index contributed by atoms with van der Waals surface area (Å²) in [6, 6.07) is 53.6. The normalized spacial score (nSPS) is 26.0. The lowest BCUT2D eigenvalue weighted by Gasteiger charge is -2.63. The summed E-state index contributed by atoms with van der Waals surface area (Å²) in [5.41, 5.74) is 15.4. The van der Waals surface area contributed by atoms with Crippen molar-refractivity contribution < 1.29 is 0 Å². The molecule has 56 heavy (non-hydrogen) atoms. The van der Waals surface area contributed by atoms with Crippen LogP contribution in [0.5, 0.6) is 0 Å². The molecule has 6 aromatic carbocycles. The third kappa shape index (κ3) is 5.27. The lowest BCUT2D eigenvalue weighted by atomic mass is 9.42. The quantitative estimate of drug-likeness (QED) is 0.173. The first-order valence-corrected chi connectivity index (χ1v) is 22.1. The molecule has 280 valence electrons. The molecule has 0 aromatic heterocycles. The van der Waals surface area contributed by atoms with Crippen LogP contribution in [0.3, 0.4) is 0 Å². The largest absolute Gasteiger partial charge is 0.310 e. The zero-order valence-corrected chi connectivity index (χ0v) is 34.2. The predicted octanol–water partition coefficient (Wildman–Crippen LogP) is 15.0. The first-order valence-electron chi connectivity index (χ1n) is 21.3. The van der Waals surface area contributed by atoms with Crippen LogP contribution in [0.2, 0.25) is 0 Å². The van der Waals surface area contributed by atoms with Gasteiger partial charge in [0.15, 0.2) is 0 Å². The third-order valence-corrected chi connectivity index (χ3v) is 16.3. The minimum atomic E-state index is 0.0964. The molecule has 4 fully saturated rings. The molecule has 0 unspecified atom stereocenters. The number of anilines is 3. The Balaban J connectivity index is 1.09. The SMILES string of the molecule is CC1(C)CCC(C)(C)c2cc(N(c3ccc(-c4ccccc4-c4ccccc4)cc3)c3ccc4c(c3)C3(c5ccccc5S4)C4CC5CC(C4)CC3C5)ccc21. The van der Waals surface area contributed by atoms with Crippen molar-refractivity contribution in [2.75, 3.05) is 4.90 Å². The summed E-state index contributed by atoms with van der Waals surface area (Å²) in [6.45, 7) is 9.79. The molecule has 0 N–H and O–H groups in total. The maximum atomic E-state index is 2.66. The van der Waals surface area contributed by atoms with Gasteiger partial charge in [-0.3, -0.25) is 0 Å². The van der Waals surface area contributed by atoms with E-state index in [1.165, 1.54) is 105 Å². The van der Waals surface area contributed by atoms with Crippen LogP contribution >= 0.6 is 11.8 Å². The molecule has 1 aliphatic heterocycles. The average Bonchev–Trinajstić information content (AvgIpc) is 3.22. The van der Waals surface area contributed by atoms with E-state index in [4.69, 9.17) is 0 Å². The molecular formula is C54H53NS. The maximum Gasteiger partial charge on any atom is 0.0465 e. The Bertz CT molecular complexity index is 2440. The Kier molecular flexibility index (Phi) is 7.89. The lowest BCUT2D eigenvalue weighted by molar-refractivity contribution is -0.0443.